The number of nitrogens with one attached hydrogen (secondary N) is 2. The van der Waals surface area contributed by atoms with Gasteiger partial charge in [-0.1, -0.05) is 25.5 Å². The highest BCUT2D eigenvalue weighted by molar-refractivity contribution is 6.58. The van der Waals surface area contributed by atoms with E-state index in [1.165, 1.54) is 6.07 Å². The van der Waals surface area contributed by atoms with Gasteiger partial charge in [0.05, 0.1) is 0 Å². The Morgan fingerprint density at radius 1 is 1.19 bits per heavy atom. The Morgan fingerprint density at radius 2 is 1.90 bits per heavy atom. The van der Waals surface area contributed by atoms with E-state index in [1.54, 1.807) is 18.2 Å². The van der Waals surface area contributed by atoms with Crippen LogP contribution in [0.25, 0.3) is 0 Å². The third kappa shape index (κ3) is 6.92. The Morgan fingerprint density at radius 3 is 2.57 bits per heavy atom. The number of anilines is 1. The van der Waals surface area contributed by atoms with Crippen LogP contribution in [-0.2, 0) is 9.59 Å². The van der Waals surface area contributed by atoms with Crippen LogP contribution in [0.1, 0.15) is 32.6 Å². The van der Waals surface area contributed by atoms with Crippen LogP contribution < -0.4 is 16.1 Å². The Bertz CT molecular complexity index is 480. The molecule has 1 rings (SSSR count). The molecule has 0 aromatic heterocycles. The van der Waals surface area contributed by atoms with Crippen LogP contribution in [0.3, 0.4) is 0 Å². The maximum atomic E-state index is 11.7. The van der Waals surface area contributed by atoms with E-state index >= 15 is 0 Å². The average Bonchev–Trinajstić information content (AvgIpc) is 2.45. The Kier molecular flexibility index (Phi) is 7.49. The van der Waals surface area contributed by atoms with Crippen molar-refractivity contribution < 1.29 is 19.6 Å². The Hall–Kier alpha value is -1.86. The van der Waals surface area contributed by atoms with Crippen LogP contribution >= 0.6 is 0 Å². The van der Waals surface area contributed by atoms with E-state index in [0.717, 1.165) is 12.8 Å². The molecule has 6 nitrogen and oxygen atoms in total. The van der Waals surface area contributed by atoms with E-state index in [2.05, 4.69) is 10.6 Å². The molecule has 0 aliphatic rings. The van der Waals surface area contributed by atoms with Gasteiger partial charge in [-0.25, -0.2) is 0 Å². The summed E-state index contributed by atoms with van der Waals surface area (Å²) in [6.45, 7) is 2.67. The highest BCUT2D eigenvalue weighted by Crippen LogP contribution is 2.05. The number of unbranched alkanes of at least 4 members (excludes halogenated alkanes) is 1. The molecule has 2 amide bonds. The molecule has 7 heteroatoms. The molecule has 4 N–H and O–H groups in total. The molecule has 1 aromatic carbocycles. The minimum atomic E-state index is -1.58. The summed E-state index contributed by atoms with van der Waals surface area (Å²) in [5, 5.41) is 23.5. The lowest BCUT2D eigenvalue weighted by molar-refractivity contribution is -0.124. The van der Waals surface area contributed by atoms with E-state index < -0.39 is 7.12 Å². The number of amides is 2. The van der Waals surface area contributed by atoms with E-state index in [-0.39, 0.29) is 24.7 Å². The number of benzene rings is 1. The molecule has 0 saturated carbocycles. The molecule has 0 aliphatic carbocycles. The molecule has 0 unspecified atom stereocenters. The van der Waals surface area contributed by atoms with Gasteiger partial charge in [-0.15, -0.1) is 0 Å². The van der Waals surface area contributed by atoms with Gasteiger partial charge >= 0.3 is 7.12 Å². The third-order valence-electron chi connectivity index (χ3n) is 2.90. The van der Waals surface area contributed by atoms with Gasteiger partial charge in [0.15, 0.2) is 0 Å². The SMILES string of the molecule is CCCCNC(=O)CCC(=O)Nc1cccc(B(O)O)c1. The number of hydrogen-bond acceptors (Lipinski definition) is 4. The van der Waals surface area contributed by atoms with E-state index in [0.29, 0.717) is 17.7 Å². The van der Waals surface area contributed by atoms with Crippen LogP contribution in [0.2, 0.25) is 0 Å². The topological polar surface area (TPSA) is 98.7 Å². The standard InChI is InChI=1S/C14H21BN2O4/c1-2-3-9-16-13(18)7-8-14(19)17-12-6-4-5-11(10-12)15(20)21/h4-6,10,20-21H,2-3,7-9H2,1H3,(H,16,18)(H,17,19). The first-order valence-electron chi connectivity index (χ1n) is 7.05. The summed E-state index contributed by atoms with van der Waals surface area (Å²) < 4.78 is 0. The summed E-state index contributed by atoms with van der Waals surface area (Å²) in [6.07, 6.45) is 2.16. The van der Waals surface area contributed by atoms with Gasteiger partial charge in [0.2, 0.25) is 11.8 Å². The molecule has 114 valence electrons. The maximum absolute atomic E-state index is 11.7. The van der Waals surface area contributed by atoms with Crippen molar-refractivity contribution in [2.75, 3.05) is 11.9 Å². The molecule has 0 fully saturated rings. The lowest BCUT2D eigenvalue weighted by atomic mass is 9.80. The first-order chi connectivity index (χ1) is 10.0. The summed E-state index contributed by atoms with van der Waals surface area (Å²) in [5.74, 6) is -0.427. The first kappa shape index (κ1) is 17.2. The molecular formula is C14H21BN2O4. The summed E-state index contributed by atoms with van der Waals surface area (Å²) in [5.41, 5.74) is 0.766. The van der Waals surface area contributed by atoms with Crippen LogP contribution in [0.15, 0.2) is 24.3 Å². The zero-order valence-corrected chi connectivity index (χ0v) is 12.1. The van der Waals surface area contributed by atoms with Crippen molar-refractivity contribution in [2.24, 2.45) is 0 Å². The van der Waals surface area contributed by atoms with Crippen LogP contribution in [0, 0.1) is 0 Å². The van der Waals surface area contributed by atoms with Crippen molar-refractivity contribution in [3.63, 3.8) is 0 Å². The zero-order valence-electron chi connectivity index (χ0n) is 12.1. The average molecular weight is 292 g/mol. The molecule has 0 saturated heterocycles. The summed E-state index contributed by atoms with van der Waals surface area (Å²) in [6, 6.07) is 6.28. The number of rotatable bonds is 8. The molecule has 0 aliphatic heterocycles. The molecule has 0 spiro atoms. The second kappa shape index (κ2) is 9.15. The maximum Gasteiger partial charge on any atom is 0.488 e. The summed E-state index contributed by atoms with van der Waals surface area (Å²) in [7, 11) is -1.58. The van der Waals surface area contributed by atoms with Crippen LogP contribution in [-0.4, -0.2) is 35.5 Å². The second-order valence-corrected chi connectivity index (χ2v) is 4.75. The molecule has 0 heterocycles. The second-order valence-electron chi connectivity index (χ2n) is 4.75. The molecule has 1 aromatic rings. The predicted molar refractivity (Wildman–Crippen MR) is 82.0 cm³/mol. The fourth-order valence-electron chi connectivity index (χ4n) is 1.72. The van der Waals surface area contributed by atoms with E-state index in [9.17, 15) is 9.59 Å². The third-order valence-corrected chi connectivity index (χ3v) is 2.90. The monoisotopic (exact) mass is 292 g/mol. The Labute approximate surface area is 124 Å². The number of carbonyl (C=O) groups is 2. The molecule has 0 atom stereocenters. The lowest BCUT2D eigenvalue weighted by Gasteiger charge is -2.07. The highest BCUT2D eigenvalue weighted by atomic mass is 16.4. The fraction of sp³-hybridized carbons (Fsp3) is 0.429. The van der Waals surface area contributed by atoms with Crippen molar-refractivity contribution in [3.8, 4) is 0 Å². The van der Waals surface area contributed by atoms with Gasteiger partial charge in [-0.3, -0.25) is 9.59 Å². The summed E-state index contributed by atoms with van der Waals surface area (Å²) in [4.78, 5) is 23.2. The van der Waals surface area contributed by atoms with Crippen molar-refractivity contribution in [3.05, 3.63) is 24.3 Å². The largest absolute Gasteiger partial charge is 0.488 e. The fourth-order valence-corrected chi connectivity index (χ4v) is 1.72. The predicted octanol–water partition coefficient (Wildman–Crippen LogP) is 0.00140. The molecular weight excluding hydrogens is 271 g/mol. The van der Waals surface area contributed by atoms with Crippen molar-refractivity contribution >= 4 is 30.1 Å². The minimum absolute atomic E-state index is 0.0872. The highest BCUT2D eigenvalue weighted by Gasteiger charge is 2.12. The number of carbonyl (C=O) groups excluding carboxylic acids is 2. The number of hydrogen-bond donors (Lipinski definition) is 4. The Balaban J connectivity index is 2.36. The molecule has 0 bridgehead atoms. The van der Waals surface area contributed by atoms with Crippen molar-refractivity contribution in [1.82, 2.24) is 5.32 Å². The lowest BCUT2D eigenvalue weighted by Crippen LogP contribution is -2.30. The van der Waals surface area contributed by atoms with Gasteiger partial charge in [-0.05, 0) is 24.0 Å². The first-order valence-corrected chi connectivity index (χ1v) is 7.05. The normalized spacial score (nSPS) is 10.0. The van der Waals surface area contributed by atoms with Crippen LogP contribution in [0.4, 0.5) is 5.69 Å². The van der Waals surface area contributed by atoms with Gasteiger partial charge in [0.1, 0.15) is 0 Å². The van der Waals surface area contributed by atoms with Gasteiger partial charge < -0.3 is 20.7 Å². The van der Waals surface area contributed by atoms with Crippen molar-refractivity contribution in [2.45, 2.75) is 32.6 Å². The van der Waals surface area contributed by atoms with E-state index in [1.807, 2.05) is 6.92 Å². The summed E-state index contributed by atoms with van der Waals surface area (Å²) >= 11 is 0. The minimum Gasteiger partial charge on any atom is -0.423 e. The zero-order chi connectivity index (χ0) is 15.7. The van der Waals surface area contributed by atoms with E-state index in [4.69, 9.17) is 10.0 Å². The van der Waals surface area contributed by atoms with Gasteiger partial charge in [-0.2, -0.15) is 0 Å². The molecule has 21 heavy (non-hydrogen) atoms. The van der Waals surface area contributed by atoms with Crippen molar-refractivity contribution in [1.29, 1.82) is 0 Å². The van der Waals surface area contributed by atoms with Gasteiger partial charge in [0.25, 0.3) is 0 Å². The smallest absolute Gasteiger partial charge is 0.423 e. The molecule has 0 radical (unpaired) electrons. The van der Waals surface area contributed by atoms with Gasteiger partial charge in [0, 0.05) is 25.1 Å². The van der Waals surface area contributed by atoms with Crippen LogP contribution in [0.5, 0.6) is 0 Å². The quantitative estimate of drug-likeness (QED) is 0.400.